The van der Waals surface area contributed by atoms with E-state index >= 15 is 0 Å². The molecule has 0 aliphatic rings. The van der Waals surface area contributed by atoms with Gasteiger partial charge in [-0.15, -0.1) is 0 Å². The van der Waals surface area contributed by atoms with Crippen molar-refractivity contribution in [2.45, 2.75) is 38.8 Å². The average molecular weight is 315 g/mol. The number of aryl methyl sites for hydroxylation is 1. The molecule has 6 heteroatoms. The van der Waals surface area contributed by atoms with Gasteiger partial charge in [0.1, 0.15) is 0 Å². The van der Waals surface area contributed by atoms with Gasteiger partial charge in [0, 0.05) is 12.0 Å². The standard InChI is InChI=1S/C14H19N.C2HF3O2/c1-2-3-4-7-13-8-5-9-14(12-13)10-6-11-15;3-2(4,5)1(6)7/h5,8-9,12H,2-3,6,10-11,15H2,1H3;(H,6,7). The molecule has 0 spiro atoms. The average Bonchev–Trinajstić information content (AvgIpc) is 2.45. The van der Waals surface area contributed by atoms with E-state index in [1.807, 2.05) is 0 Å². The lowest BCUT2D eigenvalue weighted by atomic mass is 10.1. The molecule has 1 aromatic carbocycles. The molecule has 122 valence electrons. The summed E-state index contributed by atoms with van der Waals surface area (Å²) in [4.78, 5) is 8.90. The quantitative estimate of drug-likeness (QED) is 0.837. The van der Waals surface area contributed by atoms with Crippen molar-refractivity contribution in [3.63, 3.8) is 0 Å². The van der Waals surface area contributed by atoms with Crippen molar-refractivity contribution < 1.29 is 23.1 Å². The number of benzene rings is 1. The number of unbranched alkanes of at least 4 members (excludes halogenated alkanes) is 1. The van der Waals surface area contributed by atoms with Gasteiger partial charge in [0.25, 0.3) is 0 Å². The second kappa shape index (κ2) is 10.7. The van der Waals surface area contributed by atoms with Gasteiger partial charge in [-0.3, -0.25) is 0 Å². The molecular weight excluding hydrogens is 295 g/mol. The summed E-state index contributed by atoms with van der Waals surface area (Å²) < 4.78 is 31.7. The maximum absolute atomic E-state index is 10.6. The van der Waals surface area contributed by atoms with E-state index in [-0.39, 0.29) is 0 Å². The first-order valence-corrected chi connectivity index (χ1v) is 6.89. The van der Waals surface area contributed by atoms with Crippen LogP contribution < -0.4 is 5.73 Å². The fourth-order valence-corrected chi connectivity index (χ4v) is 1.40. The molecule has 0 amide bonds. The number of halogens is 3. The molecule has 0 aliphatic carbocycles. The topological polar surface area (TPSA) is 63.3 Å². The predicted molar refractivity (Wildman–Crippen MR) is 79.3 cm³/mol. The van der Waals surface area contributed by atoms with Crippen LogP contribution in [0.15, 0.2) is 24.3 Å². The van der Waals surface area contributed by atoms with E-state index < -0.39 is 12.1 Å². The number of nitrogens with two attached hydrogens (primary N) is 1. The monoisotopic (exact) mass is 315 g/mol. The smallest absolute Gasteiger partial charge is 0.475 e. The summed E-state index contributed by atoms with van der Waals surface area (Å²) in [6.45, 7) is 2.90. The Labute approximate surface area is 128 Å². The van der Waals surface area contributed by atoms with Crippen molar-refractivity contribution in [2.75, 3.05) is 6.54 Å². The fraction of sp³-hybridized carbons (Fsp3) is 0.438. The Morgan fingerprint density at radius 2 is 2.00 bits per heavy atom. The van der Waals surface area contributed by atoms with Crippen LogP contribution in [0.4, 0.5) is 13.2 Å². The molecule has 3 nitrogen and oxygen atoms in total. The Hall–Kier alpha value is -2.00. The van der Waals surface area contributed by atoms with Crippen LogP contribution in [0.3, 0.4) is 0 Å². The van der Waals surface area contributed by atoms with Crippen molar-refractivity contribution in [1.29, 1.82) is 0 Å². The van der Waals surface area contributed by atoms with E-state index in [0.29, 0.717) is 0 Å². The number of hydrogen-bond acceptors (Lipinski definition) is 2. The number of carboxylic acid groups (broad SMARTS) is 1. The molecule has 0 atom stereocenters. The van der Waals surface area contributed by atoms with Gasteiger partial charge in [-0.05, 0) is 43.5 Å². The lowest BCUT2D eigenvalue weighted by Crippen LogP contribution is -2.21. The Balaban J connectivity index is 0.000000534. The van der Waals surface area contributed by atoms with Crippen LogP contribution in [0.25, 0.3) is 0 Å². The molecule has 1 rings (SSSR count). The summed E-state index contributed by atoms with van der Waals surface area (Å²) in [6, 6.07) is 8.44. The second-order valence-electron chi connectivity index (χ2n) is 4.45. The molecule has 0 aromatic heterocycles. The van der Waals surface area contributed by atoms with Crippen LogP contribution in [-0.4, -0.2) is 23.8 Å². The summed E-state index contributed by atoms with van der Waals surface area (Å²) >= 11 is 0. The Kier molecular flexibility index (Phi) is 9.72. The Morgan fingerprint density at radius 3 is 2.50 bits per heavy atom. The van der Waals surface area contributed by atoms with Gasteiger partial charge >= 0.3 is 12.1 Å². The number of aliphatic carboxylic acids is 1. The summed E-state index contributed by atoms with van der Waals surface area (Å²) in [6.07, 6.45) is -0.876. The molecule has 0 saturated carbocycles. The highest BCUT2D eigenvalue weighted by Gasteiger charge is 2.38. The highest BCUT2D eigenvalue weighted by Crippen LogP contribution is 2.13. The van der Waals surface area contributed by atoms with E-state index in [1.165, 1.54) is 5.56 Å². The molecule has 0 bridgehead atoms. The summed E-state index contributed by atoms with van der Waals surface area (Å²) in [5.74, 6) is 3.58. The number of hydrogen-bond donors (Lipinski definition) is 2. The van der Waals surface area contributed by atoms with Crippen LogP contribution >= 0.6 is 0 Å². The molecule has 1 aromatic rings. The van der Waals surface area contributed by atoms with Crippen molar-refractivity contribution in [3.05, 3.63) is 35.4 Å². The number of rotatable bonds is 4. The Morgan fingerprint density at radius 1 is 1.36 bits per heavy atom. The van der Waals surface area contributed by atoms with Gasteiger partial charge in [0.2, 0.25) is 0 Å². The van der Waals surface area contributed by atoms with Crippen molar-refractivity contribution in [1.82, 2.24) is 0 Å². The highest BCUT2D eigenvalue weighted by molar-refractivity contribution is 5.73. The minimum Gasteiger partial charge on any atom is -0.475 e. The van der Waals surface area contributed by atoms with Gasteiger partial charge in [0.15, 0.2) is 0 Å². The van der Waals surface area contributed by atoms with E-state index in [4.69, 9.17) is 15.6 Å². The fourth-order valence-electron chi connectivity index (χ4n) is 1.40. The highest BCUT2D eigenvalue weighted by atomic mass is 19.4. The molecule has 0 saturated heterocycles. The largest absolute Gasteiger partial charge is 0.490 e. The number of alkyl halides is 3. The van der Waals surface area contributed by atoms with E-state index in [0.717, 1.165) is 37.8 Å². The molecule has 3 N–H and O–H groups in total. The van der Waals surface area contributed by atoms with Crippen molar-refractivity contribution >= 4 is 5.97 Å². The van der Waals surface area contributed by atoms with Crippen LogP contribution in [0.5, 0.6) is 0 Å². The molecule has 0 aliphatic heterocycles. The van der Waals surface area contributed by atoms with Crippen molar-refractivity contribution in [2.24, 2.45) is 5.73 Å². The molecular formula is C16H20F3NO2. The SMILES string of the molecule is CCCC#Cc1cccc(CCCN)c1.O=C(O)C(F)(F)F. The predicted octanol–water partition coefficient (Wildman–Crippen LogP) is 3.36. The first-order chi connectivity index (χ1) is 10.3. The van der Waals surface area contributed by atoms with Crippen LogP contribution in [0.1, 0.15) is 37.3 Å². The molecule has 0 fully saturated rings. The first-order valence-electron chi connectivity index (χ1n) is 6.89. The van der Waals surface area contributed by atoms with Gasteiger partial charge in [-0.1, -0.05) is 30.9 Å². The molecule has 0 radical (unpaired) electrons. The van der Waals surface area contributed by atoms with Crippen LogP contribution in [0.2, 0.25) is 0 Å². The molecule has 22 heavy (non-hydrogen) atoms. The third-order valence-corrected chi connectivity index (χ3v) is 2.45. The van der Waals surface area contributed by atoms with E-state index in [2.05, 4.69) is 43.0 Å². The first kappa shape index (κ1) is 20.0. The maximum Gasteiger partial charge on any atom is 0.490 e. The van der Waals surface area contributed by atoms with E-state index in [9.17, 15) is 13.2 Å². The summed E-state index contributed by atoms with van der Waals surface area (Å²) in [5.41, 5.74) is 7.94. The number of carbonyl (C=O) groups is 1. The maximum atomic E-state index is 10.6. The Bertz CT molecular complexity index is 516. The zero-order valence-corrected chi connectivity index (χ0v) is 12.4. The summed E-state index contributed by atoms with van der Waals surface area (Å²) in [7, 11) is 0. The lowest BCUT2D eigenvalue weighted by Gasteiger charge is -1.99. The molecule has 0 heterocycles. The van der Waals surface area contributed by atoms with Gasteiger partial charge in [-0.2, -0.15) is 13.2 Å². The van der Waals surface area contributed by atoms with Gasteiger partial charge in [0.05, 0.1) is 0 Å². The minimum atomic E-state index is -5.08. The third-order valence-electron chi connectivity index (χ3n) is 2.45. The van der Waals surface area contributed by atoms with Gasteiger partial charge < -0.3 is 10.8 Å². The number of carboxylic acids is 1. The minimum absolute atomic E-state index is 0.756. The van der Waals surface area contributed by atoms with Crippen LogP contribution in [-0.2, 0) is 11.2 Å². The van der Waals surface area contributed by atoms with Crippen molar-refractivity contribution in [3.8, 4) is 11.8 Å². The second-order valence-corrected chi connectivity index (χ2v) is 4.45. The molecule has 0 unspecified atom stereocenters. The van der Waals surface area contributed by atoms with E-state index in [1.54, 1.807) is 0 Å². The zero-order valence-electron chi connectivity index (χ0n) is 12.4. The lowest BCUT2D eigenvalue weighted by molar-refractivity contribution is -0.192. The zero-order chi connectivity index (χ0) is 17.0. The third kappa shape index (κ3) is 9.83. The van der Waals surface area contributed by atoms with Crippen LogP contribution in [0, 0.1) is 11.8 Å². The summed E-state index contributed by atoms with van der Waals surface area (Å²) in [5, 5.41) is 7.12. The van der Waals surface area contributed by atoms with Gasteiger partial charge in [-0.25, -0.2) is 4.79 Å². The normalized spacial score (nSPS) is 10.0.